The van der Waals surface area contributed by atoms with Crippen LogP contribution in [0, 0.1) is 0 Å². The number of hydrogen-bond acceptors (Lipinski definition) is 4. The number of nitrogens with two attached hydrogens (primary N) is 1. The van der Waals surface area contributed by atoms with E-state index in [0.717, 1.165) is 32.3 Å². The molecular weight excluding hydrogens is 411 g/mol. The van der Waals surface area contributed by atoms with Gasteiger partial charge in [-0.3, -0.25) is 4.99 Å². The second kappa shape index (κ2) is 9.51. The number of amides is 1. The number of hydrogen-bond donors (Lipinski definition) is 2. The zero-order valence-electron chi connectivity index (χ0n) is 14.0. The molecule has 2 aliphatic rings. The van der Waals surface area contributed by atoms with Gasteiger partial charge < -0.3 is 25.4 Å². The van der Waals surface area contributed by atoms with Crippen molar-refractivity contribution in [2.24, 2.45) is 10.7 Å². The van der Waals surface area contributed by atoms with E-state index in [1.165, 1.54) is 0 Å². The van der Waals surface area contributed by atoms with Gasteiger partial charge in [-0.2, -0.15) is 0 Å². The first-order valence-corrected chi connectivity index (χ1v) is 8.14. The Kier molecular flexibility index (Phi) is 8.38. The minimum atomic E-state index is -0.228. The molecule has 0 spiro atoms. The lowest BCUT2D eigenvalue weighted by Crippen LogP contribution is -2.48. The predicted molar refractivity (Wildman–Crippen MR) is 100 cm³/mol. The molecular formula is C15H29IN4O3. The van der Waals surface area contributed by atoms with Crippen LogP contribution < -0.4 is 11.1 Å². The summed E-state index contributed by atoms with van der Waals surface area (Å²) in [6.07, 6.45) is 3.59. The lowest BCUT2D eigenvalue weighted by atomic mass is 10.0. The Labute approximate surface area is 155 Å². The van der Waals surface area contributed by atoms with E-state index < -0.39 is 0 Å². The van der Waals surface area contributed by atoms with Crippen LogP contribution in [0.25, 0.3) is 0 Å². The second-order valence-corrected chi connectivity index (χ2v) is 6.21. The van der Waals surface area contributed by atoms with Crippen LogP contribution >= 0.6 is 24.0 Å². The third kappa shape index (κ3) is 6.33. The molecule has 1 atom stereocenters. The largest absolute Gasteiger partial charge is 0.450 e. The van der Waals surface area contributed by atoms with Gasteiger partial charge in [-0.15, -0.1) is 24.0 Å². The summed E-state index contributed by atoms with van der Waals surface area (Å²) in [5, 5.41) is 3.24. The molecule has 134 valence electrons. The normalized spacial score (nSPS) is 25.8. The lowest BCUT2D eigenvalue weighted by molar-refractivity contribution is 0.0283. The number of guanidine groups is 1. The number of rotatable bonds is 4. The third-order valence-electron chi connectivity index (χ3n) is 4.26. The number of nitrogens with one attached hydrogen (secondary N) is 1. The van der Waals surface area contributed by atoms with Crippen molar-refractivity contribution in [3.8, 4) is 0 Å². The van der Waals surface area contributed by atoms with Crippen LogP contribution in [0.2, 0.25) is 0 Å². The molecule has 0 aliphatic carbocycles. The van der Waals surface area contributed by atoms with Crippen molar-refractivity contribution in [1.29, 1.82) is 0 Å². The molecule has 8 heteroatoms. The standard InChI is InChI=1S/C15H28N4O3.HI/c1-3-21-14(20)19-8-5-12(6-9-19)18-13(16)17-11-15(2)7-4-10-22-15;/h12H,3-11H2,1-2H3,(H3,16,17,18);1H. The molecule has 0 saturated carbocycles. The number of ether oxygens (including phenoxy) is 2. The number of nitrogens with zero attached hydrogens (tertiary/aromatic N) is 2. The van der Waals surface area contributed by atoms with Crippen molar-refractivity contribution in [1.82, 2.24) is 10.2 Å². The number of halogens is 1. The lowest BCUT2D eigenvalue weighted by Gasteiger charge is -2.32. The molecule has 2 heterocycles. The van der Waals surface area contributed by atoms with Crippen LogP contribution in [-0.2, 0) is 9.47 Å². The molecule has 0 aromatic heterocycles. The highest BCUT2D eigenvalue weighted by atomic mass is 127. The first-order chi connectivity index (χ1) is 10.5. The van der Waals surface area contributed by atoms with Gasteiger partial charge in [-0.1, -0.05) is 0 Å². The van der Waals surface area contributed by atoms with E-state index in [1.54, 1.807) is 4.90 Å². The summed E-state index contributed by atoms with van der Waals surface area (Å²) in [6, 6.07) is 0.256. The van der Waals surface area contributed by atoms with Gasteiger partial charge in [0, 0.05) is 25.7 Å². The van der Waals surface area contributed by atoms with E-state index >= 15 is 0 Å². The van der Waals surface area contributed by atoms with Crippen LogP contribution in [0.4, 0.5) is 4.79 Å². The predicted octanol–water partition coefficient (Wildman–Crippen LogP) is 1.70. The molecule has 3 N–H and O–H groups in total. The molecule has 2 saturated heterocycles. The molecule has 0 bridgehead atoms. The average molecular weight is 440 g/mol. The smallest absolute Gasteiger partial charge is 0.409 e. The van der Waals surface area contributed by atoms with Crippen molar-refractivity contribution >= 4 is 36.0 Å². The summed E-state index contributed by atoms with van der Waals surface area (Å²) >= 11 is 0. The quantitative estimate of drug-likeness (QED) is 0.395. The maximum absolute atomic E-state index is 11.6. The number of aliphatic imine (C=N–C) groups is 1. The van der Waals surface area contributed by atoms with Crippen LogP contribution in [0.3, 0.4) is 0 Å². The fourth-order valence-electron chi connectivity index (χ4n) is 2.89. The van der Waals surface area contributed by atoms with Gasteiger partial charge in [0.25, 0.3) is 0 Å². The maximum atomic E-state index is 11.6. The molecule has 2 fully saturated rings. The Morgan fingerprint density at radius 3 is 2.74 bits per heavy atom. The first kappa shape index (κ1) is 20.3. The van der Waals surface area contributed by atoms with E-state index in [4.69, 9.17) is 15.2 Å². The topological polar surface area (TPSA) is 89.2 Å². The van der Waals surface area contributed by atoms with E-state index in [2.05, 4.69) is 17.2 Å². The number of carbonyl (C=O) groups is 1. The Balaban J connectivity index is 0.00000264. The Morgan fingerprint density at radius 1 is 1.48 bits per heavy atom. The molecule has 23 heavy (non-hydrogen) atoms. The van der Waals surface area contributed by atoms with Crippen molar-refractivity contribution < 1.29 is 14.3 Å². The van der Waals surface area contributed by atoms with Crippen molar-refractivity contribution in [3.05, 3.63) is 0 Å². The number of likely N-dealkylation sites (tertiary alicyclic amines) is 1. The number of piperidine rings is 1. The van der Waals surface area contributed by atoms with Crippen LogP contribution in [-0.4, -0.2) is 61.4 Å². The molecule has 0 radical (unpaired) electrons. The highest BCUT2D eigenvalue weighted by Crippen LogP contribution is 2.25. The summed E-state index contributed by atoms with van der Waals surface area (Å²) < 4.78 is 10.7. The van der Waals surface area contributed by atoms with Crippen LogP contribution in [0.1, 0.15) is 39.5 Å². The number of carbonyl (C=O) groups excluding carboxylic acids is 1. The van der Waals surface area contributed by atoms with E-state index in [9.17, 15) is 4.79 Å². The van der Waals surface area contributed by atoms with Gasteiger partial charge in [-0.05, 0) is 39.5 Å². The highest BCUT2D eigenvalue weighted by molar-refractivity contribution is 14.0. The fraction of sp³-hybridized carbons (Fsp3) is 0.867. The summed E-state index contributed by atoms with van der Waals surface area (Å²) in [5.74, 6) is 0.464. The molecule has 1 amide bonds. The van der Waals surface area contributed by atoms with Gasteiger partial charge in [0.1, 0.15) is 0 Å². The summed E-state index contributed by atoms with van der Waals surface area (Å²) in [6.45, 7) is 7.08. The summed E-state index contributed by atoms with van der Waals surface area (Å²) in [4.78, 5) is 17.8. The fourth-order valence-corrected chi connectivity index (χ4v) is 2.89. The van der Waals surface area contributed by atoms with Crippen LogP contribution in [0.5, 0.6) is 0 Å². The van der Waals surface area contributed by atoms with Gasteiger partial charge in [-0.25, -0.2) is 4.79 Å². The Bertz CT molecular complexity index is 406. The van der Waals surface area contributed by atoms with Crippen molar-refractivity contribution in [2.45, 2.75) is 51.2 Å². The Hall–Kier alpha value is -0.770. The third-order valence-corrected chi connectivity index (χ3v) is 4.26. The molecule has 1 unspecified atom stereocenters. The average Bonchev–Trinajstić information content (AvgIpc) is 2.94. The maximum Gasteiger partial charge on any atom is 0.409 e. The minimum Gasteiger partial charge on any atom is -0.450 e. The molecule has 7 nitrogen and oxygen atoms in total. The SMILES string of the molecule is CCOC(=O)N1CCC(NC(N)=NCC2(C)CCCO2)CC1.I. The van der Waals surface area contributed by atoms with Crippen molar-refractivity contribution in [2.75, 3.05) is 32.8 Å². The first-order valence-electron chi connectivity index (χ1n) is 8.14. The van der Waals surface area contributed by atoms with E-state index in [0.29, 0.717) is 32.2 Å². The monoisotopic (exact) mass is 440 g/mol. The molecule has 2 aliphatic heterocycles. The van der Waals surface area contributed by atoms with Gasteiger partial charge in [0.05, 0.1) is 18.8 Å². The van der Waals surface area contributed by atoms with E-state index in [1.807, 2.05) is 6.92 Å². The van der Waals surface area contributed by atoms with Crippen LogP contribution in [0.15, 0.2) is 4.99 Å². The zero-order chi connectivity index (χ0) is 16.0. The Morgan fingerprint density at radius 2 is 2.17 bits per heavy atom. The van der Waals surface area contributed by atoms with Gasteiger partial charge in [0.15, 0.2) is 5.96 Å². The van der Waals surface area contributed by atoms with Crippen molar-refractivity contribution in [3.63, 3.8) is 0 Å². The molecule has 0 aromatic rings. The zero-order valence-corrected chi connectivity index (χ0v) is 16.4. The van der Waals surface area contributed by atoms with E-state index in [-0.39, 0.29) is 41.7 Å². The molecule has 2 rings (SSSR count). The minimum absolute atomic E-state index is 0. The van der Waals surface area contributed by atoms with Gasteiger partial charge >= 0.3 is 6.09 Å². The van der Waals surface area contributed by atoms with Gasteiger partial charge in [0.2, 0.25) is 0 Å². The second-order valence-electron chi connectivity index (χ2n) is 6.21. The highest BCUT2D eigenvalue weighted by Gasteiger charge is 2.29. The summed E-state index contributed by atoms with van der Waals surface area (Å²) in [7, 11) is 0. The molecule has 0 aromatic carbocycles. The summed E-state index contributed by atoms with van der Waals surface area (Å²) in [5.41, 5.74) is 5.79.